The van der Waals surface area contributed by atoms with E-state index in [1.165, 1.54) is 13.2 Å². The Morgan fingerprint density at radius 1 is 1.00 bits per heavy atom. The number of ketones is 1. The summed E-state index contributed by atoms with van der Waals surface area (Å²) in [5.74, 6) is 0.319. The SMILES string of the molecule is CC(=O)c1ccccc1NC(=O)c1occc1COc1ccccc1. The highest BCUT2D eigenvalue weighted by atomic mass is 16.5. The number of benzene rings is 2. The minimum atomic E-state index is -0.426. The van der Waals surface area contributed by atoms with Gasteiger partial charge in [-0.1, -0.05) is 30.3 Å². The van der Waals surface area contributed by atoms with Crippen LogP contribution in [0.4, 0.5) is 5.69 Å². The van der Waals surface area contributed by atoms with Gasteiger partial charge in [0.2, 0.25) is 0 Å². The van der Waals surface area contributed by atoms with Crippen LogP contribution in [0.3, 0.4) is 0 Å². The summed E-state index contributed by atoms with van der Waals surface area (Å²) in [6.07, 6.45) is 1.44. The van der Waals surface area contributed by atoms with E-state index in [9.17, 15) is 9.59 Å². The van der Waals surface area contributed by atoms with Crippen molar-refractivity contribution in [1.29, 1.82) is 0 Å². The van der Waals surface area contributed by atoms with Crippen LogP contribution in [0.2, 0.25) is 0 Å². The molecule has 0 unspecified atom stereocenters. The highest BCUT2D eigenvalue weighted by Gasteiger charge is 2.18. The number of hydrogen-bond acceptors (Lipinski definition) is 4. The van der Waals surface area contributed by atoms with Crippen molar-refractivity contribution in [2.75, 3.05) is 5.32 Å². The van der Waals surface area contributed by atoms with Gasteiger partial charge >= 0.3 is 0 Å². The zero-order chi connectivity index (χ0) is 17.6. The molecular weight excluding hydrogens is 318 g/mol. The number of para-hydroxylation sites is 2. The molecule has 5 heteroatoms. The van der Waals surface area contributed by atoms with Crippen molar-refractivity contribution in [2.24, 2.45) is 0 Å². The Morgan fingerprint density at radius 3 is 2.48 bits per heavy atom. The van der Waals surface area contributed by atoms with Crippen LogP contribution in [-0.4, -0.2) is 11.7 Å². The van der Waals surface area contributed by atoms with Gasteiger partial charge in [0, 0.05) is 11.1 Å². The Balaban J connectivity index is 1.74. The van der Waals surface area contributed by atoms with Gasteiger partial charge in [-0.15, -0.1) is 0 Å². The molecule has 1 N–H and O–H groups in total. The normalized spacial score (nSPS) is 10.3. The number of Topliss-reactive ketones (excluding diaryl/α,β-unsaturated/α-hetero) is 1. The summed E-state index contributed by atoms with van der Waals surface area (Å²) in [4.78, 5) is 24.2. The molecule has 0 spiro atoms. The lowest BCUT2D eigenvalue weighted by Crippen LogP contribution is -2.15. The average molecular weight is 335 g/mol. The number of carbonyl (C=O) groups is 2. The minimum Gasteiger partial charge on any atom is -0.489 e. The number of nitrogens with one attached hydrogen (secondary N) is 1. The van der Waals surface area contributed by atoms with Crippen molar-refractivity contribution in [2.45, 2.75) is 13.5 Å². The number of furan rings is 1. The summed E-state index contributed by atoms with van der Waals surface area (Å²) in [5, 5.41) is 2.72. The summed E-state index contributed by atoms with van der Waals surface area (Å²) >= 11 is 0. The zero-order valence-electron chi connectivity index (χ0n) is 13.7. The van der Waals surface area contributed by atoms with Crippen molar-refractivity contribution in [1.82, 2.24) is 0 Å². The van der Waals surface area contributed by atoms with Crippen LogP contribution < -0.4 is 10.1 Å². The van der Waals surface area contributed by atoms with Crippen LogP contribution in [0.1, 0.15) is 33.4 Å². The molecule has 5 nitrogen and oxygen atoms in total. The Kier molecular flexibility index (Phi) is 4.95. The molecular formula is C20H17NO4. The van der Waals surface area contributed by atoms with Crippen LogP contribution in [0, 0.1) is 0 Å². The van der Waals surface area contributed by atoms with Gasteiger partial charge in [0.15, 0.2) is 11.5 Å². The summed E-state index contributed by atoms with van der Waals surface area (Å²) in [5.41, 5.74) is 1.53. The zero-order valence-corrected chi connectivity index (χ0v) is 13.7. The van der Waals surface area contributed by atoms with Crippen molar-refractivity contribution in [3.8, 4) is 5.75 Å². The smallest absolute Gasteiger partial charge is 0.291 e. The highest BCUT2D eigenvalue weighted by molar-refractivity contribution is 6.08. The lowest BCUT2D eigenvalue weighted by atomic mass is 10.1. The van der Waals surface area contributed by atoms with Crippen LogP contribution in [0.5, 0.6) is 5.75 Å². The summed E-state index contributed by atoms with van der Waals surface area (Å²) in [6, 6.07) is 17.9. The minimum absolute atomic E-state index is 0.122. The summed E-state index contributed by atoms with van der Waals surface area (Å²) < 4.78 is 11.0. The Hall–Kier alpha value is -3.34. The number of amides is 1. The van der Waals surface area contributed by atoms with E-state index >= 15 is 0 Å². The topological polar surface area (TPSA) is 68.5 Å². The molecule has 1 aromatic heterocycles. The van der Waals surface area contributed by atoms with E-state index in [4.69, 9.17) is 9.15 Å². The molecule has 126 valence electrons. The van der Waals surface area contributed by atoms with Crippen molar-refractivity contribution in [3.05, 3.63) is 83.8 Å². The standard InChI is InChI=1S/C20H17NO4/c1-14(22)17-9-5-6-10-18(17)21-20(23)19-15(11-12-24-19)13-25-16-7-3-2-4-8-16/h2-12H,13H2,1H3,(H,21,23). The second-order valence-corrected chi connectivity index (χ2v) is 5.43. The molecule has 0 atom stereocenters. The number of carbonyl (C=O) groups excluding carboxylic acids is 2. The van der Waals surface area contributed by atoms with Gasteiger partial charge in [-0.05, 0) is 37.3 Å². The fourth-order valence-electron chi connectivity index (χ4n) is 2.40. The van der Waals surface area contributed by atoms with E-state index in [1.54, 1.807) is 30.3 Å². The van der Waals surface area contributed by atoms with Crippen LogP contribution in [0.15, 0.2) is 71.3 Å². The van der Waals surface area contributed by atoms with Gasteiger partial charge in [-0.2, -0.15) is 0 Å². The molecule has 0 aliphatic heterocycles. The number of anilines is 1. The van der Waals surface area contributed by atoms with Gasteiger partial charge in [0.1, 0.15) is 12.4 Å². The fraction of sp³-hybridized carbons (Fsp3) is 0.100. The van der Waals surface area contributed by atoms with Crippen LogP contribution in [-0.2, 0) is 6.61 Å². The van der Waals surface area contributed by atoms with E-state index < -0.39 is 5.91 Å². The average Bonchev–Trinajstić information content (AvgIpc) is 3.10. The predicted octanol–water partition coefficient (Wildman–Crippen LogP) is 4.31. The van der Waals surface area contributed by atoms with Crippen molar-refractivity contribution < 1.29 is 18.7 Å². The third-order valence-corrected chi connectivity index (χ3v) is 3.65. The maximum absolute atomic E-state index is 12.5. The van der Waals surface area contributed by atoms with E-state index in [2.05, 4.69) is 5.32 Å². The van der Waals surface area contributed by atoms with E-state index in [0.29, 0.717) is 22.6 Å². The molecule has 2 aromatic carbocycles. The molecule has 1 heterocycles. The van der Waals surface area contributed by atoms with Crippen LogP contribution in [0.25, 0.3) is 0 Å². The van der Waals surface area contributed by atoms with Gasteiger partial charge in [0.05, 0.1) is 12.0 Å². The largest absolute Gasteiger partial charge is 0.489 e. The van der Waals surface area contributed by atoms with Crippen molar-refractivity contribution >= 4 is 17.4 Å². The Bertz CT molecular complexity index is 883. The molecule has 1 amide bonds. The Morgan fingerprint density at radius 2 is 1.72 bits per heavy atom. The van der Waals surface area contributed by atoms with E-state index in [-0.39, 0.29) is 18.2 Å². The molecule has 0 fully saturated rings. The highest BCUT2D eigenvalue weighted by Crippen LogP contribution is 2.20. The summed E-state index contributed by atoms with van der Waals surface area (Å²) in [7, 11) is 0. The lowest BCUT2D eigenvalue weighted by molar-refractivity contribution is 0.0993. The predicted molar refractivity (Wildman–Crippen MR) is 93.9 cm³/mol. The third kappa shape index (κ3) is 3.95. The molecule has 0 saturated heterocycles. The molecule has 0 aliphatic rings. The van der Waals surface area contributed by atoms with Gasteiger partial charge < -0.3 is 14.5 Å². The molecule has 0 radical (unpaired) electrons. The second kappa shape index (κ2) is 7.49. The first kappa shape index (κ1) is 16.5. The van der Waals surface area contributed by atoms with Gasteiger partial charge in [-0.25, -0.2) is 0 Å². The van der Waals surface area contributed by atoms with E-state index in [1.807, 2.05) is 30.3 Å². The van der Waals surface area contributed by atoms with Crippen molar-refractivity contribution in [3.63, 3.8) is 0 Å². The number of ether oxygens (including phenoxy) is 1. The molecule has 0 aliphatic carbocycles. The first-order chi connectivity index (χ1) is 12.1. The quantitative estimate of drug-likeness (QED) is 0.681. The molecule has 0 saturated carbocycles. The maximum atomic E-state index is 12.5. The maximum Gasteiger partial charge on any atom is 0.291 e. The monoisotopic (exact) mass is 335 g/mol. The second-order valence-electron chi connectivity index (χ2n) is 5.43. The first-order valence-electron chi connectivity index (χ1n) is 7.80. The van der Waals surface area contributed by atoms with Gasteiger partial charge in [-0.3, -0.25) is 9.59 Å². The molecule has 25 heavy (non-hydrogen) atoms. The van der Waals surface area contributed by atoms with Crippen LogP contribution >= 0.6 is 0 Å². The number of rotatable bonds is 6. The first-order valence-corrected chi connectivity index (χ1v) is 7.80. The van der Waals surface area contributed by atoms with E-state index in [0.717, 1.165) is 0 Å². The number of hydrogen-bond donors (Lipinski definition) is 1. The summed E-state index contributed by atoms with van der Waals surface area (Å²) in [6.45, 7) is 1.66. The van der Waals surface area contributed by atoms with Gasteiger partial charge in [0.25, 0.3) is 5.91 Å². The molecule has 3 rings (SSSR count). The third-order valence-electron chi connectivity index (χ3n) is 3.65. The lowest BCUT2D eigenvalue weighted by Gasteiger charge is -2.09. The Labute approximate surface area is 145 Å². The molecule has 0 bridgehead atoms. The molecule has 3 aromatic rings. The fourth-order valence-corrected chi connectivity index (χ4v) is 2.40.